The number of benzene rings is 2. The summed E-state index contributed by atoms with van der Waals surface area (Å²) in [5.41, 5.74) is 2.92. The molecule has 1 heterocycles. The van der Waals surface area contributed by atoms with Gasteiger partial charge in [-0.1, -0.05) is 23.8 Å². The van der Waals surface area contributed by atoms with Crippen LogP contribution in [-0.2, 0) is 11.2 Å². The fourth-order valence-corrected chi connectivity index (χ4v) is 3.62. The van der Waals surface area contributed by atoms with Gasteiger partial charge in [0.25, 0.3) is 0 Å². The summed E-state index contributed by atoms with van der Waals surface area (Å²) in [6, 6.07) is 7.97. The normalized spacial score (nSPS) is 16.3. The lowest BCUT2D eigenvalue weighted by Crippen LogP contribution is -2.41. The third-order valence-electron chi connectivity index (χ3n) is 4.86. The Bertz CT molecular complexity index is 768. The monoisotopic (exact) mass is 375 g/mol. The number of aryl methyl sites for hydroxylation is 2. The van der Waals surface area contributed by atoms with Gasteiger partial charge in [-0.05, 0) is 44.0 Å². The van der Waals surface area contributed by atoms with E-state index in [-0.39, 0.29) is 18.1 Å². The van der Waals surface area contributed by atoms with Gasteiger partial charge in [0.1, 0.15) is 23.5 Å². The highest BCUT2D eigenvalue weighted by Gasteiger charge is 2.19. The molecule has 3 rings (SSSR count). The summed E-state index contributed by atoms with van der Waals surface area (Å²) >= 11 is 0. The van der Waals surface area contributed by atoms with Gasteiger partial charge in [-0.25, -0.2) is 8.78 Å². The predicted octanol–water partition coefficient (Wildman–Crippen LogP) is 4.27. The Morgan fingerprint density at radius 3 is 2.44 bits per heavy atom. The molecule has 1 aliphatic rings. The fourth-order valence-electron chi connectivity index (χ4n) is 3.62. The molecule has 0 aromatic heterocycles. The zero-order valence-corrected chi connectivity index (χ0v) is 16.2. The molecule has 0 amide bonds. The first-order chi connectivity index (χ1) is 12.9. The molecule has 0 aliphatic carbocycles. The van der Waals surface area contributed by atoms with Crippen molar-refractivity contribution in [3.63, 3.8) is 0 Å². The van der Waals surface area contributed by atoms with Gasteiger partial charge in [0, 0.05) is 31.6 Å². The molecule has 2 aromatic carbocycles. The van der Waals surface area contributed by atoms with E-state index in [0.717, 1.165) is 55.3 Å². The summed E-state index contributed by atoms with van der Waals surface area (Å²) in [6.45, 7) is 10.1. The minimum absolute atomic E-state index is 0.0336. The van der Waals surface area contributed by atoms with Crippen LogP contribution in [0.2, 0.25) is 0 Å². The van der Waals surface area contributed by atoms with E-state index in [0.29, 0.717) is 0 Å². The molecule has 1 aliphatic heterocycles. The summed E-state index contributed by atoms with van der Waals surface area (Å²) in [6.07, 6.45) is 0.134. The second-order valence-electron chi connectivity index (χ2n) is 7.29. The van der Waals surface area contributed by atoms with Crippen molar-refractivity contribution in [3.8, 4) is 5.75 Å². The minimum atomic E-state index is -0.526. The largest absolute Gasteiger partial charge is 0.489 e. The number of ether oxygens (including phenoxy) is 2. The molecule has 0 bridgehead atoms. The van der Waals surface area contributed by atoms with Crippen molar-refractivity contribution in [3.05, 3.63) is 64.2 Å². The first-order valence-corrected chi connectivity index (χ1v) is 9.44. The lowest BCUT2D eigenvalue weighted by molar-refractivity contribution is 0.0217. The van der Waals surface area contributed by atoms with Crippen molar-refractivity contribution in [2.24, 2.45) is 0 Å². The van der Waals surface area contributed by atoms with Crippen molar-refractivity contribution in [2.45, 2.75) is 33.3 Å². The smallest absolute Gasteiger partial charge is 0.129 e. The molecule has 0 saturated carbocycles. The molecule has 5 heteroatoms. The SMILES string of the molecule is Cc1cc(C)c(OC(C)CN2CCOCC2)c(Cc2c(F)cccc2F)c1. The molecule has 0 spiro atoms. The van der Waals surface area contributed by atoms with Gasteiger partial charge < -0.3 is 9.47 Å². The number of rotatable bonds is 6. The maximum Gasteiger partial charge on any atom is 0.129 e. The number of morpholine rings is 1. The standard InChI is InChI=1S/C22H27F2NO2/c1-15-11-16(2)22(27-17(3)14-25-7-9-26-10-8-25)18(12-15)13-19-20(23)5-4-6-21(19)24/h4-6,11-12,17H,7-10,13-14H2,1-3H3. The molecular weight excluding hydrogens is 348 g/mol. The maximum atomic E-state index is 14.1. The number of nitrogens with zero attached hydrogens (tertiary/aromatic N) is 1. The minimum Gasteiger partial charge on any atom is -0.489 e. The van der Waals surface area contributed by atoms with Crippen LogP contribution in [0.25, 0.3) is 0 Å². The van der Waals surface area contributed by atoms with Gasteiger partial charge in [0.2, 0.25) is 0 Å². The number of hydrogen-bond acceptors (Lipinski definition) is 3. The molecule has 0 N–H and O–H groups in total. The van der Waals surface area contributed by atoms with Gasteiger partial charge in [-0.2, -0.15) is 0 Å². The Labute approximate surface area is 159 Å². The van der Waals surface area contributed by atoms with Crippen LogP contribution in [0.5, 0.6) is 5.75 Å². The number of halogens is 2. The summed E-state index contributed by atoms with van der Waals surface area (Å²) in [5, 5.41) is 0. The summed E-state index contributed by atoms with van der Waals surface area (Å²) in [7, 11) is 0. The highest BCUT2D eigenvalue weighted by atomic mass is 19.1. The molecule has 1 saturated heterocycles. The van der Waals surface area contributed by atoms with Crippen LogP contribution in [-0.4, -0.2) is 43.9 Å². The van der Waals surface area contributed by atoms with Crippen molar-refractivity contribution in [1.82, 2.24) is 4.90 Å². The lowest BCUT2D eigenvalue weighted by Gasteiger charge is -2.30. The highest BCUT2D eigenvalue weighted by molar-refractivity contribution is 5.46. The topological polar surface area (TPSA) is 21.7 Å². The van der Waals surface area contributed by atoms with Crippen LogP contribution < -0.4 is 4.74 Å². The maximum absolute atomic E-state index is 14.1. The summed E-state index contributed by atoms with van der Waals surface area (Å²) < 4.78 is 39.9. The molecule has 1 atom stereocenters. The molecule has 3 nitrogen and oxygen atoms in total. The van der Waals surface area contributed by atoms with Crippen LogP contribution in [0, 0.1) is 25.5 Å². The Hall–Kier alpha value is -1.98. The van der Waals surface area contributed by atoms with Crippen LogP contribution in [0.15, 0.2) is 30.3 Å². The summed E-state index contributed by atoms with van der Waals surface area (Å²) in [4.78, 5) is 2.31. The fraction of sp³-hybridized carbons (Fsp3) is 0.455. The van der Waals surface area contributed by atoms with Gasteiger partial charge in [0.15, 0.2) is 0 Å². The summed E-state index contributed by atoms with van der Waals surface area (Å²) in [5.74, 6) is -0.327. The van der Waals surface area contributed by atoms with Gasteiger partial charge in [-0.15, -0.1) is 0 Å². The van der Waals surface area contributed by atoms with Crippen molar-refractivity contribution in [2.75, 3.05) is 32.8 Å². The number of hydrogen-bond donors (Lipinski definition) is 0. The van der Waals surface area contributed by atoms with E-state index in [4.69, 9.17) is 9.47 Å². The van der Waals surface area contributed by atoms with Crippen LogP contribution >= 0.6 is 0 Å². The Kier molecular flexibility index (Phi) is 6.45. The first-order valence-electron chi connectivity index (χ1n) is 9.44. The molecular formula is C22H27F2NO2. The average molecular weight is 375 g/mol. The zero-order chi connectivity index (χ0) is 19.4. The van der Waals surface area contributed by atoms with Crippen LogP contribution in [0.4, 0.5) is 8.78 Å². The third kappa shape index (κ3) is 5.05. The van der Waals surface area contributed by atoms with Gasteiger partial charge in [0.05, 0.1) is 13.2 Å². The van der Waals surface area contributed by atoms with E-state index in [9.17, 15) is 8.78 Å². The third-order valence-corrected chi connectivity index (χ3v) is 4.86. The Morgan fingerprint density at radius 1 is 1.11 bits per heavy atom. The van der Waals surface area contributed by atoms with E-state index in [1.54, 1.807) is 0 Å². The quantitative estimate of drug-likeness (QED) is 0.753. The first kappa shape index (κ1) is 19.8. The molecule has 0 radical (unpaired) electrons. The van der Waals surface area contributed by atoms with Crippen molar-refractivity contribution >= 4 is 0 Å². The van der Waals surface area contributed by atoms with E-state index in [2.05, 4.69) is 4.90 Å². The average Bonchev–Trinajstić information content (AvgIpc) is 2.62. The molecule has 2 aromatic rings. The molecule has 1 unspecified atom stereocenters. The van der Waals surface area contributed by atoms with Crippen LogP contribution in [0.3, 0.4) is 0 Å². The van der Waals surface area contributed by atoms with Crippen molar-refractivity contribution < 1.29 is 18.3 Å². The van der Waals surface area contributed by atoms with Crippen LogP contribution in [0.1, 0.15) is 29.2 Å². The van der Waals surface area contributed by atoms with E-state index >= 15 is 0 Å². The van der Waals surface area contributed by atoms with E-state index in [1.807, 2.05) is 32.9 Å². The molecule has 27 heavy (non-hydrogen) atoms. The Morgan fingerprint density at radius 2 is 1.78 bits per heavy atom. The molecule has 146 valence electrons. The lowest BCUT2D eigenvalue weighted by atomic mass is 9.98. The van der Waals surface area contributed by atoms with Crippen molar-refractivity contribution in [1.29, 1.82) is 0 Å². The second-order valence-corrected chi connectivity index (χ2v) is 7.29. The van der Waals surface area contributed by atoms with Gasteiger partial charge >= 0.3 is 0 Å². The second kappa shape index (κ2) is 8.81. The zero-order valence-electron chi connectivity index (χ0n) is 16.2. The van der Waals surface area contributed by atoms with E-state index in [1.165, 1.54) is 18.2 Å². The highest BCUT2D eigenvalue weighted by Crippen LogP contribution is 2.30. The van der Waals surface area contributed by atoms with Gasteiger partial charge in [-0.3, -0.25) is 4.90 Å². The predicted molar refractivity (Wildman–Crippen MR) is 102 cm³/mol. The Balaban J connectivity index is 1.82. The molecule has 1 fully saturated rings. The van der Waals surface area contributed by atoms with E-state index < -0.39 is 11.6 Å².